The number of carbonyl (C=O) groups is 1. The smallest absolute Gasteiger partial charge is 0.152 e. The number of carbonyl (C=O) groups excluding carboxylic acids is 1. The fourth-order valence-corrected chi connectivity index (χ4v) is 3.89. The fourth-order valence-electron chi connectivity index (χ4n) is 3.89. The van der Waals surface area contributed by atoms with E-state index >= 15 is 0 Å². The first kappa shape index (κ1) is 15.0. The Kier molecular flexibility index (Phi) is 5.44. The molecule has 0 aromatic rings. The van der Waals surface area contributed by atoms with Gasteiger partial charge in [-0.05, 0) is 51.6 Å². The zero-order valence-corrected chi connectivity index (χ0v) is 12.9. The van der Waals surface area contributed by atoms with Crippen LogP contribution in [0.1, 0.15) is 78.1 Å². The maximum Gasteiger partial charge on any atom is 0.152 e. The number of rotatable bonds is 6. The highest BCUT2D eigenvalue weighted by Gasteiger charge is 2.37. The molecule has 2 aliphatic rings. The molecule has 1 aliphatic heterocycles. The van der Waals surface area contributed by atoms with E-state index in [0.29, 0.717) is 5.78 Å². The van der Waals surface area contributed by atoms with Gasteiger partial charge in [0.25, 0.3) is 0 Å². The molecule has 2 nitrogen and oxygen atoms in total. The SMILES string of the molecule is CCC(C)(C(=O)CCC1CCCC1)N1CCCCC1. The number of ketones is 1. The summed E-state index contributed by atoms with van der Waals surface area (Å²) in [6.45, 7) is 6.62. The Bertz CT molecular complexity index is 290. The Morgan fingerprint density at radius 3 is 2.32 bits per heavy atom. The van der Waals surface area contributed by atoms with Crippen LogP contribution in [-0.2, 0) is 4.79 Å². The molecule has 110 valence electrons. The number of nitrogens with zero attached hydrogens (tertiary/aromatic N) is 1. The summed E-state index contributed by atoms with van der Waals surface area (Å²) < 4.78 is 0. The van der Waals surface area contributed by atoms with E-state index in [9.17, 15) is 4.79 Å². The van der Waals surface area contributed by atoms with E-state index in [2.05, 4.69) is 18.7 Å². The van der Waals surface area contributed by atoms with Crippen LogP contribution in [0.4, 0.5) is 0 Å². The van der Waals surface area contributed by atoms with Crippen LogP contribution in [0.3, 0.4) is 0 Å². The second-order valence-corrected chi connectivity index (χ2v) is 6.79. The summed E-state index contributed by atoms with van der Waals surface area (Å²) >= 11 is 0. The van der Waals surface area contributed by atoms with Crippen molar-refractivity contribution in [2.45, 2.75) is 83.6 Å². The Morgan fingerprint density at radius 2 is 1.74 bits per heavy atom. The summed E-state index contributed by atoms with van der Waals surface area (Å²) in [6, 6.07) is 0. The first-order chi connectivity index (χ1) is 9.16. The monoisotopic (exact) mass is 265 g/mol. The van der Waals surface area contributed by atoms with E-state index in [0.717, 1.165) is 38.3 Å². The second kappa shape index (κ2) is 6.88. The summed E-state index contributed by atoms with van der Waals surface area (Å²) in [7, 11) is 0. The molecule has 0 aromatic heterocycles. The predicted molar refractivity (Wildman–Crippen MR) is 80.3 cm³/mol. The van der Waals surface area contributed by atoms with Gasteiger partial charge in [0.1, 0.15) is 0 Å². The van der Waals surface area contributed by atoms with Gasteiger partial charge in [-0.1, -0.05) is 39.0 Å². The molecule has 0 bridgehead atoms. The molecule has 1 heterocycles. The summed E-state index contributed by atoms with van der Waals surface area (Å²) in [5, 5.41) is 0. The molecule has 0 spiro atoms. The van der Waals surface area contributed by atoms with Gasteiger partial charge in [-0.25, -0.2) is 0 Å². The first-order valence-corrected chi connectivity index (χ1v) is 8.45. The maximum absolute atomic E-state index is 12.7. The number of Topliss-reactive ketones (excluding diaryl/α,β-unsaturated/α-hetero) is 1. The molecule has 0 amide bonds. The summed E-state index contributed by atoms with van der Waals surface area (Å²) in [5.41, 5.74) is -0.182. The standard InChI is InChI=1S/C17H31NO/c1-3-17(2,18-13-7-4-8-14-18)16(19)12-11-15-9-5-6-10-15/h15H,3-14H2,1-2H3. The quantitative estimate of drug-likeness (QED) is 0.718. The minimum atomic E-state index is -0.182. The van der Waals surface area contributed by atoms with E-state index in [-0.39, 0.29) is 5.54 Å². The van der Waals surface area contributed by atoms with Crippen molar-refractivity contribution in [2.24, 2.45) is 5.92 Å². The van der Waals surface area contributed by atoms with Gasteiger partial charge in [0.05, 0.1) is 5.54 Å². The lowest BCUT2D eigenvalue weighted by atomic mass is 9.85. The van der Waals surface area contributed by atoms with Gasteiger partial charge >= 0.3 is 0 Å². The van der Waals surface area contributed by atoms with Crippen LogP contribution >= 0.6 is 0 Å². The van der Waals surface area contributed by atoms with Crippen LogP contribution in [0.15, 0.2) is 0 Å². The van der Waals surface area contributed by atoms with Crippen molar-refractivity contribution in [1.82, 2.24) is 4.90 Å². The predicted octanol–water partition coefficient (Wildman–Crippen LogP) is 4.18. The number of likely N-dealkylation sites (tertiary alicyclic amines) is 1. The molecule has 19 heavy (non-hydrogen) atoms. The molecular formula is C17H31NO. The van der Waals surface area contributed by atoms with Crippen molar-refractivity contribution in [3.8, 4) is 0 Å². The van der Waals surface area contributed by atoms with Gasteiger partial charge in [0, 0.05) is 6.42 Å². The van der Waals surface area contributed by atoms with Crippen molar-refractivity contribution < 1.29 is 4.79 Å². The van der Waals surface area contributed by atoms with Crippen molar-refractivity contribution in [2.75, 3.05) is 13.1 Å². The number of hydrogen-bond acceptors (Lipinski definition) is 2. The number of piperidine rings is 1. The largest absolute Gasteiger partial charge is 0.298 e. The van der Waals surface area contributed by atoms with E-state index < -0.39 is 0 Å². The first-order valence-electron chi connectivity index (χ1n) is 8.45. The normalized spacial score (nSPS) is 25.4. The lowest BCUT2D eigenvalue weighted by Gasteiger charge is -2.42. The summed E-state index contributed by atoms with van der Waals surface area (Å²) in [6.07, 6.45) is 12.3. The third-order valence-corrected chi connectivity index (χ3v) is 5.60. The average molecular weight is 265 g/mol. The van der Waals surface area contributed by atoms with Crippen LogP contribution < -0.4 is 0 Å². The maximum atomic E-state index is 12.7. The molecule has 1 atom stereocenters. The molecular weight excluding hydrogens is 234 g/mol. The van der Waals surface area contributed by atoms with Crippen LogP contribution in [-0.4, -0.2) is 29.3 Å². The van der Waals surface area contributed by atoms with Gasteiger partial charge in [-0.2, -0.15) is 0 Å². The Balaban J connectivity index is 1.88. The van der Waals surface area contributed by atoms with Crippen molar-refractivity contribution in [3.63, 3.8) is 0 Å². The molecule has 2 heteroatoms. The van der Waals surface area contributed by atoms with Gasteiger partial charge < -0.3 is 0 Å². The number of hydrogen-bond donors (Lipinski definition) is 0. The highest BCUT2D eigenvalue weighted by molar-refractivity contribution is 5.88. The Morgan fingerprint density at radius 1 is 1.11 bits per heavy atom. The van der Waals surface area contributed by atoms with Gasteiger partial charge in [-0.15, -0.1) is 0 Å². The zero-order chi connectivity index (χ0) is 13.7. The molecule has 1 aliphatic carbocycles. The zero-order valence-electron chi connectivity index (χ0n) is 12.9. The van der Waals surface area contributed by atoms with E-state index in [1.807, 2.05) is 0 Å². The molecule has 0 N–H and O–H groups in total. The van der Waals surface area contributed by atoms with Crippen LogP contribution in [0, 0.1) is 5.92 Å². The molecule has 0 radical (unpaired) electrons. The molecule has 2 rings (SSSR count). The molecule has 2 fully saturated rings. The average Bonchev–Trinajstić information content (AvgIpc) is 2.98. The van der Waals surface area contributed by atoms with Crippen LogP contribution in [0.5, 0.6) is 0 Å². The van der Waals surface area contributed by atoms with Crippen LogP contribution in [0.2, 0.25) is 0 Å². The molecule has 1 saturated heterocycles. The van der Waals surface area contributed by atoms with Gasteiger partial charge in [-0.3, -0.25) is 9.69 Å². The van der Waals surface area contributed by atoms with Gasteiger partial charge in [0.15, 0.2) is 5.78 Å². The van der Waals surface area contributed by atoms with Crippen molar-refractivity contribution in [1.29, 1.82) is 0 Å². The summed E-state index contributed by atoms with van der Waals surface area (Å²) in [5.74, 6) is 1.34. The molecule has 1 saturated carbocycles. The van der Waals surface area contributed by atoms with E-state index in [4.69, 9.17) is 0 Å². The van der Waals surface area contributed by atoms with Gasteiger partial charge in [0.2, 0.25) is 0 Å². The lowest BCUT2D eigenvalue weighted by molar-refractivity contribution is -0.131. The van der Waals surface area contributed by atoms with Crippen LogP contribution in [0.25, 0.3) is 0 Å². The molecule has 0 aromatic carbocycles. The highest BCUT2D eigenvalue weighted by Crippen LogP contribution is 2.31. The Hall–Kier alpha value is -0.370. The lowest BCUT2D eigenvalue weighted by Crippen LogP contribution is -2.53. The third kappa shape index (κ3) is 3.59. The van der Waals surface area contributed by atoms with Crippen molar-refractivity contribution >= 4 is 5.78 Å². The van der Waals surface area contributed by atoms with E-state index in [1.165, 1.54) is 44.9 Å². The summed E-state index contributed by atoms with van der Waals surface area (Å²) in [4.78, 5) is 15.2. The topological polar surface area (TPSA) is 20.3 Å². The minimum absolute atomic E-state index is 0.182. The van der Waals surface area contributed by atoms with Crippen molar-refractivity contribution in [3.05, 3.63) is 0 Å². The Labute approximate surface area is 118 Å². The fraction of sp³-hybridized carbons (Fsp3) is 0.941. The van der Waals surface area contributed by atoms with E-state index in [1.54, 1.807) is 0 Å². The third-order valence-electron chi connectivity index (χ3n) is 5.60. The highest BCUT2D eigenvalue weighted by atomic mass is 16.1. The minimum Gasteiger partial charge on any atom is -0.298 e. The second-order valence-electron chi connectivity index (χ2n) is 6.79. The molecule has 1 unspecified atom stereocenters.